The van der Waals surface area contributed by atoms with Crippen molar-refractivity contribution in [2.24, 2.45) is 0 Å². The molecule has 7 heteroatoms. The van der Waals surface area contributed by atoms with Crippen molar-refractivity contribution in [3.63, 3.8) is 0 Å². The number of aromatic nitrogens is 1. The standard InChI is InChI=1S/C13H21N3O2S.ClH/c1-9-8-14-5-7-15(9)12(17)4-6-16-10(2)11(3)19-13(16)18;/h9,14H,4-8H2,1-3H3;1H/t9-;/m1./s1. The fourth-order valence-electron chi connectivity index (χ4n) is 2.41. The van der Waals surface area contributed by atoms with Gasteiger partial charge in [0.05, 0.1) is 0 Å². The zero-order valence-corrected chi connectivity index (χ0v) is 13.8. The van der Waals surface area contributed by atoms with Crippen LogP contribution in [0.1, 0.15) is 23.9 Å². The van der Waals surface area contributed by atoms with Gasteiger partial charge in [0.1, 0.15) is 0 Å². The molecule has 1 saturated heterocycles. The van der Waals surface area contributed by atoms with Crippen molar-refractivity contribution in [3.8, 4) is 0 Å². The molecule has 1 aromatic heterocycles. The van der Waals surface area contributed by atoms with Gasteiger partial charge in [-0.2, -0.15) is 0 Å². The molecule has 0 spiro atoms. The summed E-state index contributed by atoms with van der Waals surface area (Å²) in [6, 6.07) is 0.239. The van der Waals surface area contributed by atoms with Crippen molar-refractivity contribution < 1.29 is 4.79 Å². The summed E-state index contributed by atoms with van der Waals surface area (Å²) in [5, 5.41) is 3.27. The number of hydrogen-bond donors (Lipinski definition) is 1. The van der Waals surface area contributed by atoms with Crippen LogP contribution in [0.2, 0.25) is 0 Å². The second-order valence-electron chi connectivity index (χ2n) is 5.05. The fourth-order valence-corrected chi connectivity index (χ4v) is 3.27. The Morgan fingerprint density at radius 2 is 2.15 bits per heavy atom. The third-order valence-electron chi connectivity index (χ3n) is 3.75. The van der Waals surface area contributed by atoms with Crippen LogP contribution in [0, 0.1) is 13.8 Å². The van der Waals surface area contributed by atoms with E-state index in [1.807, 2.05) is 18.7 Å². The second kappa shape index (κ2) is 7.24. The number of rotatable bonds is 3. The maximum Gasteiger partial charge on any atom is 0.307 e. The number of nitrogens with zero attached hydrogens (tertiary/aromatic N) is 2. The first-order valence-electron chi connectivity index (χ1n) is 6.67. The van der Waals surface area contributed by atoms with Crippen molar-refractivity contribution in [3.05, 3.63) is 20.2 Å². The lowest BCUT2D eigenvalue weighted by Gasteiger charge is -2.34. The number of carbonyl (C=O) groups is 1. The van der Waals surface area contributed by atoms with Crippen molar-refractivity contribution in [2.75, 3.05) is 19.6 Å². The van der Waals surface area contributed by atoms with E-state index in [1.165, 1.54) is 11.3 Å². The molecule has 1 N–H and O–H groups in total. The molecule has 2 rings (SSSR count). The minimum absolute atomic E-state index is 0. The number of nitrogens with one attached hydrogen (secondary N) is 1. The van der Waals surface area contributed by atoms with E-state index in [0.717, 1.165) is 30.2 Å². The minimum Gasteiger partial charge on any atom is -0.337 e. The Kier molecular flexibility index (Phi) is 6.23. The third kappa shape index (κ3) is 3.62. The lowest BCUT2D eigenvalue weighted by Crippen LogP contribution is -2.52. The van der Waals surface area contributed by atoms with Crippen LogP contribution < -0.4 is 10.2 Å². The van der Waals surface area contributed by atoms with Crippen molar-refractivity contribution in [2.45, 2.75) is 39.8 Å². The lowest BCUT2D eigenvalue weighted by molar-refractivity contribution is -0.134. The molecule has 1 amide bonds. The molecule has 0 radical (unpaired) electrons. The van der Waals surface area contributed by atoms with Gasteiger partial charge in [-0.05, 0) is 20.8 Å². The van der Waals surface area contributed by atoms with Gasteiger partial charge in [0.25, 0.3) is 0 Å². The van der Waals surface area contributed by atoms with E-state index in [9.17, 15) is 9.59 Å². The summed E-state index contributed by atoms with van der Waals surface area (Å²) in [5.41, 5.74) is 0.983. The topological polar surface area (TPSA) is 54.3 Å². The van der Waals surface area contributed by atoms with Gasteiger partial charge in [0, 0.05) is 49.2 Å². The summed E-state index contributed by atoms with van der Waals surface area (Å²) in [6.45, 7) is 8.88. The number of amides is 1. The molecule has 2 heterocycles. The smallest absolute Gasteiger partial charge is 0.307 e. The molecule has 0 bridgehead atoms. The molecular weight excluding hydrogens is 298 g/mol. The Morgan fingerprint density at radius 3 is 2.70 bits per heavy atom. The fraction of sp³-hybridized carbons (Fsp3) is 0.692. The van der Waals surface area contributed by atoms with E-state index in [1.54, 1.807) is 4.57 Å². The Balaban J connectivity index is 0.00000200. The molecule has 5 nitrogen and oxygen atoms in total. The van der Waals surface area contributed by atoms with Crippen LogP contribution in [0.4, 0.5) is 0 Å². The zero-order valence-electron chi connectivity index (χ0n) is 12.1. The highest BCUT2D eigenvalue weighted by Gasteiger charge is 2.22. The summed E-state index contributed by atoms with van der Waals surface area (Å²) in [4.78, 5) is 26.9. The molecule has 0 saturated carbocycles. The highest BCUT2D eigenvalue weighted by atomic mass is 35.5. The van der Waals surface area contributed by atoms with Crippen molar-refractivity contribution in [1.82, 2.24) is 14.8 Å². The Labute approximate surface area is 129 Å². The number of thiazole rings is 1. The molecule has 20 heavy (non-hydrogen) atoms. The normalized spacial score (nSPS) is 18.8. The maximum absolute atomic E-state index is 12.2. The van der Waals surface area contributed by atoms with E-state index in [0.29, 0.717) is 13.0 Å². The summed E-state index contributed by atoms with van der Waals surface area (Å²) >= 11 is 1.26. The van der Waals surface area contributed by atoms with Crippen LogP contribution >= 0.6 is 23.7 Å². The monoisotopic (exact) mass is 319 g/mol. The molecule has 1 fully saturated rings. The molecule has 1 aliphatic rings. The van der Waals surface area contributed by atoms with Gasteiger partial charge < -0.3 is 14.8 Å². The van der Waals surface area contributed by atoms with E-state index in [2.05, 4.69) is 12.2 Å². The van der Waals surface area contributed by atoms with Crippen LogP contribution in [0.15, 0.2) is 4.79 Å². The van der Waals surface area contributed by atoms with Gasteiger partial charge >= 0.3 is 4.87 Å². The van der Waals surface area contributed by atoms with E-state index >= 15 is 0 Å². The first-order chi connectivity index (χ1) is 9.00. The first-order valence-corrected chi connectivity index (χ1v) is 7.49. The molecule has 0 aromatic carbocycles. The maximum atomic E-state index is 12.2. The van der Waals surface area contributed by atoms with Crippen LogP contribution in [-0.2, 0) is 11.3 Å². The molecule has 1 aromatic rings. The Hall–Kier alpha value is -0.850. The summed E-state index contributed by atoms with van der Waals surface area (Å²) < 4.78 is 1.71. The predicted octanol–water partition coefficient (Wildman–Crippen LogP) is 1.16. The number of hydrogen-bond acceptors (Lipinski definition) is 4. The molecular formula is C13H22ClN3O2S. The zero-order chi connectivity index (χ0) is 14.0. The number of aryl methyl sites for hydroxylation is 1. The highest BCUT2D eigenvalue weighted by molar-refractivity contribution is 7.09. The SMILES string of the molecule is Cc1sc(=O)n(CCC(=O)N2CCNC[C@H]2C)c1C.Cl. The Morgan fingerprint density at radius 1 is 1.45 bits per heavy atom. The van der Waals surface area contributed by atoms with Crippen LogP contribution in [-0.4, -0.2) is 41.1 Å². The van der Waals surface area contributed by atoms with Gasteiger partial charge in [0.15, 0.2) is 0 Å². The van der Waals surface area contributed by atoms with Crippen LogP contribution in [0.3, 0.4) is 0 Å². The minimum atomic E-state index is 0. The highest BCUT2D eigenvalue weighted by Crippen LogP contribution is 2.11. The molecule has 1 atom stereocenters. The molecule has 0 unspecified atom stereocenters. The van der Waals surface area contributed by atoms with Crippen molar-refractivity contribution in [1.29, 1.82) is 0 Å². The van der Waals surface area contributed by atoms with Gasteiger partial charge in [-0.3, -0.25) is 9.59 Å². The third-order valence-corrected chi connectivity index (χ3v) is 4.74. The quantitative estimate of drug-likeness (QED) is 0.909. The average molecular weight is 320 g/mol. The molecule has 0 aliphatic carbocycles. The number of piperazine rings is 1. The number of halogens is 1. The van der Waals surface area contributed by atoms with Crippen LogP contribution in [0.5, 0.6) is 0 Å². The number of carbonyl (C=O) groups excluding carboxylic acids is 1. The summed E-state index contributed by atoms with van der Waals surface area (Å²) in [7, 11) is 0. The van der Waals surface area contributed by atoms with Crippen molar-refractivity contribution >= 4 is 29.7 Å². The molecule has 1 aliphatic heterocycles. The first kappa shape index (κ1) is 17.2. The van der Waals surface area contributed by atoms with E-state index in [-0.39, 0.29) is 29.2 Å². The van der Waals surface area contributed by atoms with Gasteiger partial charge in [-0.1, -0.05) is 11.3 Å². The average Bonchev–Trinajstić information content (AvgIpc) is 2.61. The second-order valence-corrected chi connectivity index (χ2v) is 6.22. The van der Waals surface area contributed by atoms with E-state index < -0.39 is 0 Å². The van der Waals surface area contributed by atoms with Gasteiger partial charge in [0.2, 0.25) is 5.91 Å². The lowest BCUT2D eigenvalue weighted by atomic mass is 10.2. The predicted molar refractivity (Wildman–Crippen MR) is 84.0 cm³/mol. The summed E-state index contributed by atoms with van der Waals surface area (Å²) in [5.74, 6) is 0.143. The van der Waals surface area contributed by atoms with Gasteiger partial charge in [-0.15, -0.1) is 12.4 Å². The summed E-state index contributed by atoms with van der Waals surface area (Å²) in [6.07, 6.45) is 0.404. The van der Waals surface area contributed by atoms with Gasteiger partial charge in [-0.25, -0.2) is 0 Å². The molecule has 114 valence electrons. The largest absolute Gasteiger partial charge is 0.337 e. The Bertz CT molecular complexity index is 526. The van der Waals surface area contributed by atoms with Crippen LogP contribution in [0.25, 0.3) is 0 Å². The van der Waals surface area contributed by atoms with E-state index in [4.69, 9.17) is 0 Å².